The predicted molar refractivity (Wildman–Crippen MR) is 119 cm³/mol. The summed E-state index contributed by atoms with van der Waals surface area (Å²) in [6.07, 6.45) is 4.47. The first-order chi connectivity index (χ1) is 14.8. The minimum Gasteiger partial charge on any atom is -0.438 e. The summed E-state index contributed by atoms with van der Waals surface area (Å²) in [5.41, 5.74) is 0.577. The number of nitrogens with zero attached hydrogens (tertiary/aromatic N) is 4. The second-order valence-electron chi connectivity index (χ2n) is 6.51. The molecule has 0 radical (unpaired) electrons. The van der Waals surface area contributed by atoms with Crippen molar-refractivity contribution < 1.29 is 4.53 Å². The van der Waals surface area contributed by atoms with Crippen LogP contribution in [0.25, 0.3) is 0 Å². The third-order valence-corrected chi connectivity index (χ3v) is 8.56. The molecule has 30 heavy (non-hydrogen) atoms. The molecule has 0 saturated heterocycles. The van der Waals surface area contributed by atoms with Gasteiger partial charge in [-0.05, 0) is 15.6 Å². The van der Waals surface area contributed by atoms with E-state index in [4.69, 9.17) is 4.53 Å². The van der Waals surface area contributed by atoms with Crippen molar-refractivity contribution >= 4 is 30.1 Å². The molecule has 0 spiro atoms. The molecule has 0 fully saturated rings. The van der Waals surface area contributed by atoms with E-state index in [0.717, 1.165) is 15.6 Å². The van der Waals surface area contributed by atoms with E-state index in [1.54, 1.807) is 0 Å². The lowest BCUT2D eigenvalue weighted by Gasteiger charge is -2.29. The SMILES string of the molecule is N#Cc1nccnc1C=NO[Si](c1ccccc1)(c1ccccc1)c1ccccc1. The van der Waals surface area contributed by atoms with E-state index in [-0.39, 0.29) is 5.69 Å². The molecular formula is C24H18N4OSi. The first kappa shape index (κ1) is 19.2. The topological polar surface area (TPSA) is 71.2 Å². The van der Waals surface area contributed by atoms with E-state index in [2.05, 4.69) is 51.5 Å². The van der Waals surface area contributed by atoms with Gasteiger partial charge in [-0.3, -0.25) is 4.98 Å². The summed E-state index contributed by atoms with van der Waals surface area (Å²) < 4.78 is 6.42. The molecule has 0 unspecified atom stereocenters. The lowest BCUT2D eigenvalue weighted by molar-refractivity contribution is 0.351. The fourth-order valence-corrected chi connectivity index (χ4v) is 6.87. The van der Waals surface area contributed by atoms with Gasteiger partial charge in [-0.2, -0.15) is 5.26 Å². The highest BCUT2D eigenvalue weighted by molar-refractivity contribution is 7.07. The van der Waals surface area contributed by atoms with Gasteiger partial charge in [-0.1, -0.05) is 91.0 Å². The fraction of sp³-hybridized carbons (Fsp3) is 0. The Morgan fingerprint density at radius 3 is 1.67 bits per heavy atom. The highest BCUT2D eigenvalue weighted by atomic mass is 28.4. The largest absolute Gasteiger partial charge is 0.438 e. The summed E-state index contributed by atoms with van der Waals surface area (Å²) in [7, 11) is -2.93. The standard InChI is InChI=1S/C24H18N4OSi/c25-18-23-24(27-17-16-26-23)19-28-29-30(20-10-4-1-5-11-20,21-12-6-2-7-13-21)22-14-8-3-9-15-22/h1-17,19H. The van der Waals surface area contributed by atoms with Crippen molar-refractivity contribution in [1.29, 1.82) is 5.26 Å². The van der Waals surface area contributed by atoms with Crippen LogP contribution in [0.4, 0.5) is 0 Å². The van der Waals surface area contributed by atoms with E-state index in [1.165, 1.54) is 18.6 Å². The molecule has 1 aromatic heterocycles. The van der Waals surface area contributed by atoms with Crippen LogP contribution in [0.2, 0.25) is 0 Å². The van der Waals surface area contributed by atoms with Gasteiger partial charge in [0.1, 0.15) is 11.8 Å². The van der Waals surface area contributed by atoms with Crippen LogP contribution in [0.15, 0.2) is 109 Å². The number of benzene rings is 3. The van der Waals surface area contributed by atoms with Crippen molar-refractivity contribution in [2.24, 2.45) is 5.16 Å². The summed E-state index contributed by atoms with van der Waals surface area (Å²) in [6.45, 7) is 0. The molecule has 4 aromatic rings. The van der Waals surface area contributed by atoms with Gasteiger partial charge in [0.05, 0.1) is 6.21 Å². The van der Waals surface area contributed by atoms with E-state index >= 15 is 0 Å². The fourth-order valence-electron chi connectivity index (χ4n) is 3.36. The third kappa shape index (κ3) is 3.74. The number of nitriles is 1. The quantitative estimate of drug-likeness (QED) is 0.213. The number of rotatable bonds is 6. The van der Waals surface area contributed by atoms with Crippen LogP contribution in [0.5, 0.6) is 0 Å². The minimum atomic E-state index is -2.93. The summed E-state index contributed by atoms with van der Waals surface area (Å²) >= 11 is 0. The normalized spacial score (nSPS) is 11.2. The Morgan fingerprint density at radius 1 is 0.733 bits per heavy atom. The summed E-state index contributed by atoms with van der Waals surface area (Å²) in [4.78, 5) is 8.22. The Hall–Kier alpha value is -4.08. The van der Waals surface area contributed by atoms with Gasteiger partial charge < -0.3 is 4.53 Å². The smallest absolute Gasteiger partial charge is 0.380 e. The zero-order valence-corrected chi connectivity index (χ0v) is 17.1. The second-order valence-corrected chi connectivity index (χ2v) is 9.78. The number of aromatic nitrogens is 2. The molecule has 5 nitrogen and oxygen atoms in total. The summed E-state index contributed by atoms with van der Waals surface area (Å²) in [5.74, 6) is 0. The Kier molecular flexibility index (Phi) is 5.74. The maximum absolute atomic E-state index is 9.27. The zero-order valence-electron chi connectivity index (χ0n) is 16.1. The van der Waals surface area contributed by atoms with Gasteiger partial charge in [0.2, 0.25) is 0 Å². The van der Waals surface area contributed by atoms with Crippen molar-refractivity contribution in [3.05, 3.63) is 115 Å². The average Bonchev–Trinajstić information content (AvgIpc) is 2.84. The molecule has 4 rings (SSSR count). The maximum atomic E-state index is 9.27. The number of hydrogen-bond acceptors (Lipinski definition) is 5. The highest BCUT2D eigenvalue weighted by Crippen LogP contribution is 2.10. The van der Waals surface area contributed by atoms with Gasteiger partial charge in [0.15, 0.2) is 5.69 Å². The molecule has 3 aromatic carbocycles. The van der Waals surface area contributed by atoms with Crippen molar-refractivity contribution in [2.45, 2.75) is 0 Å². The van der Waals surface area contributed by atoms with Gasteiger partial charge in [0, 0.05) is 12.4 Å². The Balaban J connectivity index is 1.87. The molecule has 1 heterocycles. The van der Waals surface area contributed by atoms with Crippen molar-refractivity contribution in [3.63, 3.8) is 0 Å². The van der Waals surface area contributed by atoms with Crippen LogP contribution in [0.3, 0.4) is 0 Å². The lowest BCUT2D eigenvalue weighted by Crippen LogP contribution is -2.68. The molecule has 144 valence electrons. The minimum absolute atomic E-state index is 0.205. The van der Waals surface area contributed by atoms with E-state index < -0.39 is 8.32 Å². The molecular weight excluding hydrogens is 388 g/mol. The Labute approximate surface area is 176 Å². The van der Waals surface area contributed by atoms with E-state index in [9.17, 15) is 5.26 Å². The molecule has 0 atom stereocenters. The van der Waals surface area contributed by atoms with Gasteiger partial charge in [-0.25, -0.2) is 4.98 Å². The second kappa shape index (κ2) is 8.95. The predicted octanol–water partition coefficient (Wildman–Crippen LogP) is 2.37. The van der Waals surface area contributed by atoms with Crippen molar-refractivity contribution in [3.8, 4) is 6.07 Å². The number of hydrogen-bond donors (Lipinski definition) is 0. The molecule has 6 heteroatoms. The van der Waals surface area contributed by atoms with Gasteiger partial charge in [-0.15, -0.1) is 5.16 Å². The molecule has 0 saturated carbocycles. The van der Waals surface area contributed by atoms with E-state index in [1.807, 2.05) is 60.7 Å². The maximum Gasteiger partial charge on any atom is 0.380 e. The molecule has 0 aliphatic rings. The highest BCUT2D eigenvalue weighted by Gasteiger charge is 2.44. The molecule has 0 aliphatic heterocycles. The molecule has 0 aliphatic carbocycles. The van der Waals surface area contributed by atoms with Crippen LogP contribution < -0.4 is 15.6 Å². The summed E-state index contributed by atoms with van der Waals surface area (Å²) in [5, 5.41) is 16.8. The molecule has 0 N–H and O–H groups in total. The van der Waals surface area contributed by atoms with Crippen molar-refractivity contribution in [1.82, 2.24) is 9.97 Å². The van der Waals surface area contributed by atoms with E-state index in [0.29, 0.717) is 5.69 Å². The monoisotopic (exact) mass is 406 g/mol. The summed E-state index contributed by atoms with van der Waals surface area (Å²) in [6, 6.07) is 32.5. The van der Waals surface area contributed by atoms with Gasteiger partial charge >= 0.3 is 8.32 Å². The Morgan fingerprint density at radius 2 is 1.20 bits per heavy atom. The Bertz CT molecular complexity index is 1080. The van der Waals surface area contributed by atoms with Crippen LogP contribution >= 0.6 is 0 Å². The first-order valence-electron chi connectivity index (χ1n) is 9.44. The molecule has 0 bridgehead atoms. The average molecular weight is 407 g/mol. The lowest BCUT2D eigenvalue weighted by atomic mass is 10.3. The zero-order chi connectivity index (χ0) is 20.7. The van der Waals surface area contributed by atoms with Crippen LogP contribution in [-0.2, 0) is 4.53 Å². The number of oxime groups is 1. The molecule has 0 amide bonds. The third-order valence-electron chi connectivity index (χ3n) is 4.74. The van der Waals surface area contributed by atoms with Crippen LogP contribution in [-0.4, -0.2) is 24.5 Å². The van der Waals surface area contributed by atoms with Gasteiger partial charge in [0.25, 0.3) is 0 Å². The van der Waals surface area contributed by atoms with Crippen LogP contribution in [0, 0.1) is 11.3 Å². The first-order valence-corrected chi connectivity index (χ1v) is 11.3. The van der Waals surface area contributed by atoms with Crippen molar-refractivity contribution in [2.75, 3.05) is 0 Å². The van der Waals surface area contributed by atoms with Crippen LogP contribution in [0.1, 0.15) is 11.4 Å².